The van der Waals surface area contributed by atoms with Gasteiger partial charge in [-0.2, -0.15) is 0 Å². The third-order valence-corrected chi connectivity index (χ3v) is 6.23. The molecule has 0 radical (unpaired) electrons. The van der Waals surface area contributed by atoms with Crippen molar-refractivity contribution in [2.45, 2.75) is 24.7 Å². The van der Waals surface area contributed by atoms with Crippen LogP contribution in [-0.2, 0) is 22.9 Å². The van der Waals surface area contributed by atoms with Crippen molar-refractivity contribution in [2.24, 2.45) is 0 Å². The Bertz CT molecular complexity index is 1060. The van der Waals surface area contributed by atoms with E-state index < -0.39 is 10.0 Å². The minimum absolute atomic E-state index is 0.310. The lowest BCUT2D eigenvalue weighted by Crippen LogP contribution is -2.14. The number of nitrogens with one attached hydrogen (secondary N) is 1. The van der Waals surface area contributed by atoms with Crippen molar-refractivity contribution >= 4 is 38.1 Å². The van der Waals surface area contributed by atoms with Gasteiger partial charge in [-0.15, -0.1) is 0 Å². The third-order valence-electron chi connectivity index (χ3n) is 4.57. The lowest BCUT2D eigenvalue weighted by molar-refractivity contribution is 0.602. The van der Waals surface area contributed by atoms with Gasteiger partial charge in [0, 0.05) is 10.4 Å². The fourth-order valence-corrected chi connectivity index (χ4v) is 4.86. The molecule has 24 heavy (non-hydrogen) atoms. The van der Waals surface area contributed by atoms with Gasteiger partial charge in [0.15, 0.2) is 0 Å². The molecular formula is C19H16ClNO2S. The molecule has 0 saturated carbocycles. The van der Waals surface area contributed by atoms with E-state index in [1.165, 1.54) is 11.1 Å². The fraction of sp³-hybridized carbons (Fsp3) is 0.158. The molecule has 5 heteroatoms. The van der Waals surface area contributed by atoms with E-state index >= 15 is 0 Å². The minimum Gasteiger partial charge on any atom is -0.279 e. The molecule has 0 heterocycles. The normalized spacial score (nSPS) is 13.4. The van der Waals surface area contributed by atoms with Crippen LogP contribution in [0.2, 0.25) is 5.02 Å². The highest BCUT2D eigenvalue weighted by Crippen LogP contribution is 2.35. The number of sulfonamides is 1. The van der Waals surface area contributed by atoms with Crippen LogP contribution < -0.4 is 4.72 Å². The van der Waals surface area contributed by atoms with Crippen LogP contribution in [0.4, 0.5) is 5.69 Å². The first-order valence-corrected chi connectivity index (χ1v) is 9.64. The van der Waals surface area contributed by atoms with Crippen LogP contribution >= 0.6 is 11.6 Å². The van der Waals surface area contributed by atoms with Gasteiger partial charge in [0.2, 0.25) is 0 Å². The summed E-state index contributed by atoms with van der Waals surface area (Å²) in [6.45, 7) is 1.85. The molecular weight excluding hydrogens is 342 g/mol. The molecule has 0 atom stereocenters. The molecule has 3 aromatic carbocycles. The molecule has 0 amide bonds. The smallest absolute Gasteiger partial charge is 0.262 e. The fourth-order valence-electron chi connectivity index (χ4n) is 3.36. The zero-order chi connectivity index (χ0) is 16.9. The predicted octanol–water partition coefficient (Wildman–Crippen LogP) is 4.70. The van der Waals surface area contributed by atoms with Crippen LogP contribution in [0.3, 0.4) is 0 Å². The monoisotopic (exact) mass is 357 g/mol. The van der Waals surface area contributed by atoms with E-state index in [0.717, 1.165) is 29.2 Å². The first-order valence-electron chi connectivity index (χ1n) is 7.78. The number of hydrogen-bond donors (Lipinski definition) is 1. The van der Waals surface area contributed by atoms with E-state index in [9.17, 15) is 8.42 Å². The van der Waals surface area contributed by atoms with Gasteiger partial charge < -0.3 is 0 Å². The minimum atomic E-state index is -3.69. The zero-order valence-corrected chi connectivity index (χ0v) is 14.7. The van der Waals surface area contributed by atoms with E-state index in [-0.39, 0.29) is 0 Å². The van der Waals surface area contributed by atoms with Crippen LogP contribution in [0.25, 0.3) is 10.8 Å². The molecule has 0 fully saturated rings. The molecule has 1 aliphatic carbocycles. The van der Waals surface area contributed by atoms with Crippen molar-refractivity contribution in [3.05, 3.63) is 70.2 Å². The van der Waals surface area contributed by atoms with Crippen molar-refractivity contribution in [3.63, 3.8) is 0 Å². The Morgan fingerprint density at radius 3 is 2.54 bits per heavy atom. The average Bonchev–Trinajstić information content (AvgIpc) is 2.96. The Hall–Kier alpha value is -2.04. The number of halogens is 1. The molecule has 0 unspecified atom stereocenters. The second-order valence-electron chi connectivity index (χ2n) is 6.13. The van der Waals surface area contributed by atoms with Gasteiger partial charge in [-0.25, -0.2) is 8.42 Å². The molecule has 0 aliphatic heterocycles. The van der Waals surface area contributed by atoms with Crippen LogP contribution in [-0.4, -0.2) is 8.42 Å². The maximum absolute atomic E-state index is 13.0. The molecule has 1 N–H and O–H groups in total. The predicted molar refractivity (Wildman–Crippen MR) is 98.4 cm³/mol. The summed E-state index contributed by atoms with van der Waals surface area (Å²) in [6, 6.07) is 14.7. The Labute approximate surface area is 146 Å². The van der Waals surface area contributed by atoms with E-state index in [0.29, 0.717) is 15.6 Å². The summed E-state index contributed by atoms with van der Waals surface area (Å²) < 4.78 is 28.6. The van der Waals surface area contributed by atoms with Crippen molar-refractivity contribution < 1.29 is 8.42 Å². The number of aryl methyl sites for hydroxylation is 3. The van der Waals surface area contributed by atoms with Gasteiger partial charge in [0.05, 0.1) is 10.6 Å². The van der Waals surface area contributed by atoms with Crippen LogP contribution in [0.1, 0.15) is 16.7 Å². The van der Waals surface area contributed by atoms with Gasteiger partial charge >= 0.3 is 0 Å². The maximum Gasteiger partial charge on any atom is 0.262 e. The van der Waals surface area contributed by atoms with Crippen LogP contribution in [0.5, 0.6) is 0 Å². The molecule has 0 aromatic heterocycles. The first kappa shape index (κ1) is 15.5. The van der Waals surface area contributed by atoms with E-state index in [1.807, 2.05) is 25.1 Å². The molecule has 3 aromatic rings. The van der Waals surface area contributed by atoms with Crippen LogP contribution in [0, 0.1) is 6.92 Å². The summed E-state index contributed by atoms with van der Waals surface area (Å²) in [5.74, 6) is 0. The van der Waals surface area contributed by atoms with E-state index in [4.69, 9.17) is 11.6 Å². The Morgan fingerprint density at radius 1 is 1.00 bits per heavy atom. The SMILES string of the molecule is Cc1ccc(Cl)cc1NS(=O)(=O)c1ccc2c3c(cccc13)CC2. The van der Waals surface area contributed by atoms with Crippen molar-refractivity contribution in [3.8, 4) is 0 Å². The van der Waals surface area contributed by atoms with Gasteiger partial charge in [0.1, 0.15) is 0 Å². The number of anilines is 1. The second kappa shape index (κ2) is 5.50. The standard InChI is InChI=1S/C19H16ClNO2S/c1-12-5-9-15(20)11-17(12)21-24(22,23)18-10-8-14-7-6-13-3-2-4-16(18)19(13)14/h2-5,8-11,21H,6-7H2,1H3. The summed E-state index contributed by atoms with van der Waals surface area (Å²) >= 11 is 6.00. The molecule has 0 bridgehead atoms. The van der Waals surface area contributed by atoms with Crippen molar-refractivity contribution in [1.29, 1.82) is 0 Å². The molecule has 4 rings (SSSR count). The highest BCUT2D eigenvalue weighted by Gasteiger charge is 2.23. The molecule has 3 nitrogen and oxygen atoms in total. The van der Waals surface area contributed by atoms with E-state index in [2.05, 4.69) is 10.8 Å². The quantitative estimate of drug-likeness (QED) is 0.738. The maximum atomic E-state index is 13.0. The van der Waals surface area contributed by atoms with Gasteiger partial charge in [-0.05, 0) is 60.0 Å². The van der Waals surface area contributed by atoms with Gasteiger partial charge in [0.25, 0.3) is 10.0 Å². The molecule has 0 spiro atoms. The Kier molecular flexibility index (Phi) is 3.55. The largest absolute Gasteiger partial charge is 0.279 e. The van der Waals surface area contributed by atoms with Crippen molar-refractivity contribution in [2.75, 3.05) is 4.72 Å². The first-order chi connectivity index (χ1) is 11.5. The Balaban J connectivity index is 1.87. The summed E-state index contributed by atoms with van der Waals surface area (Å²) in [7, 11) is -3.69. The lowest BCUT2D eigenvalue weighted by Gasteiger charge is -2.13. The molecule has 0 saturated heterocycles. The molecule has 122 valence electrons. The highest BCUT2D eigenvalue weighted by molar-refractivity contribution is 7.93. The average molecular weight is 358 g/mol. The number of benzene rings is 3. The van der Waals surface area contributed by atoms with Crippen LogP contribution in [0.15, 0.2) is 53.4 Å². The zero-order valence-electron chi connectivity index (χ0n) is 13.1. The second-order valence-corrected chi connectivity index (χ2v) is 8.21. The summed E-state index contributed by atoms with van der Waals surface area (Å²) in [6.07, 6.45) is 1.94. The summed E-state index contributed by atoms with van der Waals surface area (Å²) in [5.41, 5.74) is 3.77. The molecule has 1 aliphatic rings. The topological polar surface area (TPSA) is 46.2 Å². The van der Waals surface area contributed by atoms with E-state index in [1.54, 1.807) is 24.3 Å². The van der Waals surface area contributed by atoms with Gasteiger partial charge in [-0.1, -0.05) is 41.9 Å². The number of hydrogen-bond acceptors (Lipinski definition) is 2. The summed E-state index contributed by atoms with van der Waals surface area (Å²) in [4.78, 5) is 0.310. The summed E-state index contributed by atoms with van der Waals surface area (Å²) in [5, 5.41) is 2.37. The number of rotatable bonds is 3. The highest BCUT2D eigenvalue weighted by atomic mass is 35.5. The Morgan fingerprint density at radius 2 is 1.75 bits per heavy atom. The third kappa shape index (κ3) is 2.46. The van der Waals surface area contributed by atoms with Gasteiger partial charge in [-0.3, -0.25) is 4.72 Å². The van der Waals surface area contributed by atoms with Crippen molar-refractivity contribution in [1.82, 2.24) is 0 Å². The lowest BCUT2D eigenvalue weighted by atomic mass is 10.1.